The van der Waals surface area contributed by atoms with Gasteiger partial charge in [-0.2, -0.15) is 0 Å². The molecule has 0 fully saturated rings. The predicted molar refractivity (Wildman–Crippen MR) is 82.1 cm³/mol. The molecule has 5 heteroatoms. The van der Waals surface area contributed by atoms with Crippen molar-refractivity contribution in [3.05, 3.63) is 58.9 Å². The summed E-state index contributed by atoms with van der Waals surface area (Å²) in [6.07, 6.45) is 0. The van der Waals surface area contributed by atoms with Crippen molar-refractivity contribution < 1.29 is 9.13 Å². The first kappa shape index (κ1) is 15.2. The fraction of sp³-hybridized carbons (Fsp3) is 0.200. The first-order chi connectivity index (χ1) is 9.60. The second-order valence-corrected chi connectivity index (χ2v) is 5.80. The first-order valence-corrected chi connectivity index (χ1v) is 7.44. The average Bonchev–Trinajstić information content (AvgIpc) is 2.44. The van der Waals surface area contributed by atoms with E-state index in [1.807, 2.05) is 24.3 Å². The molecular formula is C15H15ClFNOS. The van der Waals surface area contributed by atoms with Gasteiger partial charge in [0.15, 0.2) is 11.6 Å². The number of hydrogen-bond donors (Lipinski definition) is 1. The van der Waals surface area contributed by atoms with Crippen molar-refractivity contribution >= 4 is 23.4 Å². The standard InChI is InChI=1S/C15H15ClFNOS/c1-19-15-6-5-10(7-13(15)17)14(18)9-20-12-4-2-3-11(16)8-12/h2-8,14H,9,18H2,1H3. The molecule has 0 amide bonds. The summed E-state index contributed by atoms with van der Waals surface area (Å²) >= 11 is 7.51. The molecule has 0 aliphatic rings. The van der Waals surface area contributed by atoms with Crippen molar-refractivity contribution in [1.29, 1.82) is 0 Å². The van der Waals surface area contributed by atoms with E-state index < -0.39 is 5.82 Å². The molecule has 0 aromatic heterocycles. The Morgan fingerprint density at radius 1 is 1.30 bits per heavy atom. The van der Waals surface area contributed by atoms with Gasteiger partial charge in [0.25, 0.3) is 0 Å². The second kappa shape index (κ2) is 6.97. The molecule has 1 unspecified atom stereocenters. The summed E-state index contributed by atoms with van der Waals surface area (Å²) in [5.74, 6) is 0.475. The number of halogens is 2. The van der Waals surface area contributed by atoms with Crippen LogP contribution in [-0.4, -0.2) is 12.9 Å². The normalized spacial score (nSPS) is 12.2. The highest BCUT2D eigenvalue weighted by Crippen LogP contribution is 2.27. The highest BCUT2D eigenvalue weighted by molar-refractivity contribution is 7.99. The lowest BCUT2D eigenvalue weighted by atomic mass is 10.1. The number of methoxy groups -OCH3 is 1. The number of hydrogen-bond acceptors (Lipinski definition) is 3. The Balaban J connectivity index is 2.01. The number of benzene rings is 2. The Kier molecular flexibility index (Phi) is 5.29. The summed E-state index contributed by atoms with van der Waals surface area (Å²) in [5.41, 5.74) is 6.83. The Morgan fingerprint density at radius 3 is 2.75 bits per heavy atom. The van der Waals surface area contributed by atoms with E-state index in [-0.39, 0.29) is 11.8 Å². The van der Waals surface area contributed by atoms with Crippen molar-refractivity contribution in [2.45, 2.75) is 10.9 Å². The van der Waals surface area contributed by atoms with E-state index >= 15 is 0 Å². The Bertz CT molecular complexity index is 594. The van der Waals surface area contributed by atoms with Gasteiger partial charge in [-0.3, -0.25) is 0 Å². The zero-order valence-corrected chi connectivity index (χ0v) is 12.5. The largest absolute Gasteiger partial charge is 0.494 e. The molecule has 0 aliphatic heterocycles. The van der Waals surface area contributed by atoms with E-state index in [1.165, 1.54) is 13.2 Å². The number of ether oxygens (including phenoxy) is 1. The minimum Gasteiger partial charge on any atom is -0.494 e. The number of rotatable bonds is 5. The molecule has 0 aliphatic carbocycles. The summed E-state index contributed by atoms with van der Waals surface area (Å²) in [6, 6.07) is 12.1. The summed E-state index contributed by atoms with van der Waals surface area (Å²) in [7, 11) is 1.44. The fourth-order valence-electron chi connectivity index (χ4n) is 1.75. The molecule has 0 heterocycles. The van der Waals surface area contributed by atoms with Gasteiger partial charge in [0.2, 0.25) is 0 Å². The topological polar surface area (TPSA) is 35.2 Å². The van der Waals surface area contributed by atoms with Crippen LogP contribution in [-0.2, 0) is 0 Å². The van der Waals surface area contributed by atoms with E-state index in [4.69, 9.17) is 22.1 Å². The Labute approximate surface area is 127 Å². The Hall–Kier alpha value is -1.23. The van der Waals surface area contributed by atoms with Gasteiger partial charge in [-0.15, -0.1) is 11.8 Å². The van der Waals surface area contributed by atoms with Crippen LogP contribution in [0.5, 0.6) is 5.75 Å². The minimum atomic E-state index is -0.395. The molecule has 106 valence electrons. The molecule has 2 N–H and O–H groups in total. The van der Waals surface area contributed by atoms with Crippen LogP contribution in [0.4, 0.5) is 4.39 Å². The molecule has 2 aromatic carbocycles. The molecule has 1 atom stereocenters. The van der Waals surface area contributed by atoms with E-state index in [1.54, 1.807) is 23.9 Å². The molecule has 0 bridgehead atoms. The third-order valence-corrected chi connectivity index (χ3v) is 4.18. The van der Waals surface area contributed by atoms with Gasteiger partial charge >= 0.3 is 0 Å². The van der Waals surface area contributed by atoms with Gasteiger partial charge in [0.05, 0.1) is 7.11 Å². The monoisotopic (exact) mass is 311 g/mol. The zero-order chi connectivity index (χ0) is 14.5. The maximum atomic E-state index is 13.6. The summed E-state index contributed by atoms with van der Waals surface area (Å²) < 4.78 is 18.5. The molecular weight excluding hydrogens is 297 g/mol. The third-order valence-electron chi connectivity index (χ3n) is 2.83. The number of nitrogens with two attached hydrogens (primary N) is 1. The third kappa shape index (κ3) is 3.88. The van der Waals surface area contributed by atoms with Gasteiger partial charge in [-0.05, 0) is 35.9 Å². The maximum absolute atomic E-state index is 13.6. The van der Waals surface area contributed by atoms with Crippen LogP contribution in [0.2, 0.25) is 5.02 Å². The van der Waals surface area contributed by atoms with E-state index in [2.05, 4.69) is 0 Å². The van der Waals surface area contributed by atoms with Crippen LogP contribution < -0.4 is 10.5 Å². The first-order valence-electron chi connectivity index (χ1n) is 6.07. The molecule has 20 heavy (non-hydrogen) atoms. The molecule has 0 radical (unpaired) electrons. The highest BCUT2D eigenvalue weighted by atomic mass is 35.5. The Morgan fingerprint density at radius 2 is 2.10 bits per heavy atom. The zero-order valence-electron chi connectivity index (χ0n) is 11.0. The van der Waals surface area contributed by atoms with Crippen LogP contribution in [0.1, 0.15) is 11.6 Å². The van der Waals surface area contributed by atoms with Crippen LogP contribution in [0.25, 0.3) is 0 Å². The highest BCUT2D eigenvalue weighted by Gasteiger charge is 2.10. The van der Waals surface area contributed by atoms with Gasteiger partial charge < -0.3 is 10.5 Å². The lowest BCUT2D eigenvalue weighted by molar-refractivity contribution is 0.386. The number of thioether (sulfide) groups is 1. The van der Waals surface area contributed by atoms with Crippen molar-refractivity contribution in [3.63, 3.8) is 0 Å². The quantitative estimate of drug-likeness (QED) is 0.837. The van der Waals surface area contributed by atoms with Crippen LogP contribution >= 0.6 is 23.4 Å². The lowest BCUT2D eigenvalue weighted by Crippen LogP contribution is -2.13. The molecule has 0 saturated heterocycles. The fourth-order valence-corrected chi connectivity index (χ4v) is 2.96. The molecule has 2 nitrogen and oxygen atoms in total. The van der Waals surface area contributed by atoms with Crippen LogP contribution in [0.3, 0.4) is 0 Å². The summed E-state index contributed by atoms with van der Waals surface area (Å²) in [5, 5.41) is 0.694. The molecule has 0 saturated carbocycles. The maximum Gasteiger partial charge on any atom is 0.165 e. The van der Waals surface area contributed by atoms with Crippen molar-refractivity contribution in [1.82, 2.24) is 0 Å². The molecule has 0 spiro atoms. The van der Waals surface area contributed by atoms with Crippen molar-refractivity contribution in [2.24, 2.45) is 5.73 Å². The second-order valence-electron chi connectivity index (χ2n) is 4.27. The van der Waals surface area contributed by atoms with E-state index in [0.29, 0.717) is 10.8 Å². The van der Waals surface area contributed by atoms with Crippen molar-refractivity contribution in [3.8, 4) is 5.75 Å². The summed E-state index contributed by atoms with van der Waals surface area (Å²) in [6.45, 7) is 0. The summed E-state index contributed by atoms with van der Waals surface area (Å²) in [4.78, 5) is 1.04. The van der Waals surface area contributed by atoms with Crippen LogP contribution in [0, 0.1) is 5.82 Å². The van der Waals surface area contributed by atoms with E-state index in [0.717, 1.165) is 10.5 Å². The van der Waals surface area contributed by atoms with Gasteiger partial charge in [0, 0.05) is 21.7 Å². The SMILES string of the molecule is COc1ccc(C(N)CSc2cccc(Cl)c2)cc1F. The minimum absolute atomic E-state index is 0.225. The molecule has 2 rings (SSSR count). The van der Waals surface area contributed by atoms with E-state index in [9.17, 15) is 4.39 Å². The van der Waals surface area contributed by atoms with Gasteiger partial charge in [-0.25, -0.2) is 4.39 Å². The van der Waals surface area contributed by atoms with Gasteiger partial charge in [0.1, 0.15) is 0 Å². The van der Waals surface area contributed by atoms with Gasteiger partial charge in [-0.1, -0.05) is 23.7 Å². The smallest absolute Gasteiger partial charge is 0.165 e. The lowest BCUT2D eigenvalue weighted by Gasteiger charge is -2.13. The van der Waals surface area contributed by atoms with Crippen molar-refractivity contribution in [2.75, 3.05) is 12.9 Å². The average molecular weight is 312 g/mol. The molecule has 2 aromatic rings. The van der Waals surface area contributed by atoms with Crippen LogP contribution in [0.15, 0.2) is 47.4 Å². The predicted octanol–water partition coefficient (Wildman–Crippen LogP) is 4.28.